The van der Waals surface area contributed by atoms with Crippen molar-refractivity contribution in [3.63, 3.8) is 0 Å². The Kier molecular flexibility index (Phi) is 4.36. The Bertz CT molecular complexity index is 942. The van der Waals surface area contributed by atoms with Gasteiger partial charge in [-0.3, -0.25) is 15.0 Å². The van der Waals surface area contributed by atoms with Gasteiger partial charge < -0.3 is 0 Å². The molecule has 3 fully saturated rings. The Morgan fingerprint density at radius 2 is 2.04 bits per heavy atom. The highest BCUT2D eigenvalue weighted by atomic mass is 16.2. The van der Waals surface area contributed by atoms with E-state index in [1.165, 1.54) is 17.5 Å². The number of amides is 1. The lowest BCUT2D eigenvalue weighted by molar-refractivity contribution is -0.129. The van der Waals surface area contributed by atoms with Crippen LogP contribution in [0.15, 0.2) is 29.1 Å². The molecule has 2 aromatic rings. The summed E-state index contributed by atoms with van der Waals surface area (Å²) in [4.78, 5) is 30.4. The lowest BCUT2D eigenvalue weighted by atomic mass is 9.45. The first-order valence-corrected chi connectivity index (χ1v) is 10.1. The van der Waals surface area contributed by atoms with Crippen molar-refractivity contribution >= 4 is 16.8 Å². The van der Waals surface area contributed by atoms with Crippen LogP contribution in [0, 0.1) is 23.2 Å². The molecule has 3 saturated carbocycles. The van der Waals surface area contributed by atoms with Gasteiger partial charge in [-0.1, -0.05) is 39.8 Å². The number of carbonyl (C=O) groups excluding carboxylic acids is 1. The molecule has 0 aliphatic heterocycles. The largest absolute Gasteiger partial charge is 0.280 e. The molecule has 1 aromatic heterocycles. The summed E-state index contributed by atoms with van der Waals surface area (Å²) in [6.45, 7) is 8.64. The fourth-order valence-corrected chi connectivity index (χ4v) is 5.26. The van der Waals surface area contributed by atoms with Crippen LogP contribution in [-0.2, 0) is 4.79 Å². The van der Waals surface area contributed by atoms with E-state index >= 15 is 0 Å². The van der Waals surface area contributed by atoms with E-state index in [0.29, 0.717) is 40.4 Å². The maximum Gasteiger partial charge on any atom is 0.280 e. The maximum absolute atomic E-state index is 13.0. The second-order valence-corrected chi connectivity index (χ2v) is 9.22. The maximum atomic E-state index is 13.0. The molecule has 1 N–H and O–H groups in total. The van der Waals surface area contributed by atoms with Gasteiger partial charge in [0.15, 0.2) is 0 Å². The van der Waals surface area contributed by atoms with Gasteiger partial charge >= 0.3 is 0 Å². The number of nitrogens with one attached hydrogen (secondary N) is 1. The summed E-state index contributed by atoms with van der Waals surface area (Å²) in [5.41, 5.74) is 3.69. The van der Waals surface area contributed by atoms with E-state index in [9.17, 15) is 9.59 Å². The van der Waals surface area contributed by atoms with E-state index < -0.39 is 0 Å². The highest BCUT2D eigenvalue weighted by Crippen LogP contribution is 2.61. The van der Waals surface area contributed by atoms with Crippen LogP contribution in [0.2, 0.25) is 0 Å². The minimum absolute atomic E-state index is 0.0311. The number of nitrogens with zero attached hydrogens (tertiary/aromatic N) is 2. The molecule has 0 spiro atoms. The van der Waals surface area contributed by atoms with E-state index in [2.05, 4.69) is 24.3 Å². The van der Waals surface area contributed by atoms with Gasteiger partial charge in [0.05, 0.1) is 10.9 Å². The summed E-state index contributed by atoms with van der Waals surface area (Å²) < 4.78 is 1.37. The standard InChI is InChI=1S/C22H29N3O2/c1-13(2)20-23-18-8-6-5-7-16(18)21(27)25(20)24-19(26)11-14-9-10-15-12-17(14)22(15,3)4/h5-8,13-15,17H,9-12H2,1-4H3,(H,24,26)/t14-,15-,17-/m0/s1. The summed E-state index contributed by atoms with van der Waals surface area (Å²) in [7, 11) is 0. The van der Waals surface area contributed by atoms with Crippen molar-refractivity contribution in [2.24, 2.45) is 23.2 Å². The van der Waals surface area contributed by atoms with Gasteiger partial charge in [-0.25, -0.2) is 9.66 Å². The molecule has 3 atom stereocenters. The Morgan fingerprint density at radius 1 is 1.30 bits per heavy atom. The van der Waals surface area contributed by atoms with Gasteiger partial charge in [0.25, 0.3) is 5.56 Å². The van der Waals surface area contributed by atoms with Crippen LogP contribution >= 0.6 is 0 Å². The molecule has 0 unspecified atom stereocenters. The zero-order chi connectivity index (χ0) is 19.3. The van der Waals surface area contributed by atoms with Crippen LogP contribution < -0.4 is 11.0 Å². The molecule has 3 aliphatic rings. The number of benzene rings is 1. The minimum atomic E-state index is -0.203. The van der Waals surface area contributed by atoms with Gasteiger partial charge in [0.2, 0.25) is 5.91 Å². The second kappa shape index (κ2) is 6.47. The Labute approximate surface area is 160 Å². The first-order chi connectivity index (χ1) is 12.8. The SMILES string of the molecule is CC(C)c1nc2ccccc2c(=O)n1NC(=O)C[C@@H]1CC[C@H]2C[C@@H]1C2(C)C. The molecule has 1 amide bonds. The Hall–Kier alpha value is -2.17. The first-order valence-electron chi connectivity index (χ1n) is 10.1. The molecule has 5 nitrogen and oxygen atoms in total. The third kappa shape index (κ3) is 2.97. The van der Waals surface area contributed by atoms with Crippen molar-refractivity contribution in [1.82, 2.24) is 9.66 Å². The molecule has 2 bridgehead atoms. The summed E-state index contributed by atoms with van der Waals surface area (Å²) in [6, 6.07) is 7.30. The number of para-hydroxylation sites is 1. The molecule has 0 radical (unpaired) electrons. The van der Waals surface area contributed by atoms with Crippen LogP contribution in [0.4, 0.5) is 0 Å². The summed E-state index contributed by atoms with van der Waals surface area (Å²) in [5, 5.41) is 0.530. The number of rotatable bonds is 4. The quantitative estimate of drug-likeness (QED) is 0.886. The lowest BCUT2D eigenvalue weighted by Crippen LogP contribution is -2.53. The van der Waals surface area contributed by atoms with Gasteiger partial charge in [-0.05, 0) is 54.6 Å². The zero-order valence-corrected chi connectivity index (χ0v) is 16.7. The van der Waals surface area contributed by atoms with Crippen molar-refractivity contribution in [1.29, 1.82) is 0 Å². The van der Waals surface area contributed by atoms with E-state index in [0.717, 1.165) is 12.3 Å². The first kappa shape index (κ1) is 18.2. The third-order valence-electron chi connectivity index (χ3n) is 7.00. The molecular formula is C22H29N3O2. The average Bonchev–Trinajstić information content (AvgIpc) is 2.63. The number of fused-ring (bicyclic) bond motifs is 3. The van der Waals surface area contributed by atoms with Crippen molar-refractivity contribution in [3.8, 4) is 0 Å². The van der Waals surface area contributed by atoms with Crippen LogP contribution in [-0.4, -0.2) is 15.6 Å². The predicted octanol–water partition coefficient (Wildman–Crippen LogP) is 4.05. The fraction of sp³-hybridized carbons (Fsp3) is 0.591. The number of aromatic nitrogens is 2. The minimum Gasteiger partial charge on any atom is -0.273 e. The van der Waals surface area contributed by atoms with E-state index in [1.54, 1.807) is 6.07 Å². The molecule has 3 aliphatic carbocycles. The highest BCUT2D eigenvalue weighted by molar-refractivity contribution is 5.85. The second-order valence-electron chi connectivity index (χ2n) is 9.22. The fourth-order valence-electron chi connectivity index (χ4n) is 5.26. The molecule has 5 rings (SSSR count). The van der Waals surface area contributed by atoms with Crippen LogP contribution in [0.5, 0.6) is 0 Å². The smallest absolute Gasteiger partial charge is 0.273 e. The van der Waals surface area contributed by atoms with Crippen molar-refractivity contribution in [2.45, 2.75) is 59.3 Å². The number of hydrogen-bond acceptors (Lipinski definition) is 3. The highest BCUT2D eigenvalue weighted by Gasteiger charge is 2.54. The molecule has 1 aromatic carbocycles. The predicted molar refractivity (Wildman–Crippen MR) is 107 cm³/mol. The molecule has 0 saturated heterocycles. The topological polar surface area (TPSA) is 64.0 Å². The Morgan fingerprint density at radius 3 is 2.70 bits per heavy atom. The van der Waals surface area contributed by atoms with Crippen LogP contribution in [0.1, 0.15) is 65.1 Å². The molecule has 27 heavy (non-hydrogen) atoms. The monoisotopic (exact) mass is 367 g/mol. The molecule has 1 heterocycles. The third-order valence-corrected chi connectivity index (χ3v) is 7.00. The molecule has 5 heteroatoms. The summed E-state index contributed by atoms with van der Waals surface area (Å²) >= 11 is 0. The number of hydrogen-bond donors (Lipinski definition) is 1. The molecular weight excluding hydrogens is 338 g/mol. The normalized spacial score (nSPS) is 26.0. The van der Waals surface area contributed by atoms with E-state index in [-0.39, 0.29) is 17.4 Å². The van der Waals surface area contributed by atoms with Crippen LogP contribution in [0.3, 0.4) is 0 Å². The van der Waals surface area contributed by atoms with Crippen molar-refractivity contribution in [2.75, 3.05) is 5.43 Å². The van der Waals surface area contributed by atoms with Gasteiger partial charge in [-0.15, -0.1) is 0 Å². The number of carbonyl (C=O) groups is 1. The molecule has 144 valence electrons. The van der Waals surface area contributed by atoms with Crippen molar-refractivity contribution in [3.05, 3.63) is 40.4 Å². The van der Waals surface area contributed by atoms with Gasteiger partial charge in [0.1, 0.15) is 5.82 Å². The van der Waals surface area contributed by atoms with Crippen LogP contribution in [0.25, 0.3) is 10.9 Å². The van der Waals surface area contributed by atoms with Gasteiger partial charge in [0, 0.05) is 12.3 Å². The summed E-state index contributed by atoms with van der Waals surface area (Å²) in [5.74, 6) is 2.40. The lowest BCUT2D eigenvalue weighted by Gasteiger charge is -2.60. The van der Waals surface area contributed by atoms with E-state index in [4.69, 9.17) is 0 Å². The zero-order valence-electron chi connectivity index (χ0n) is 16.7. The Balaban J connectivity index is 1.59. The van der Waals surface area contributed by atoms with Gasteiger partial charge in [-0.2, -0.15) is 0 Å². The summed E-state index contributed by atoms with van der Waals surface area (Å²) in [6.07, 6.45) is 4.07. The average molecular weight is 367 g/mol. The van der Waals surface area contributed by atoms with E-state index in [1.807, 2.05) is 32.0 Å². The van der Waals surface area contributed by atoms with Crippen molar-refractivity contribution < 1.29 is 4.79 Å².